The second-order valence-electron chi connectivity index (χ2n) is 4.26. The maximum absolute atomic E-state index is 11.3. The van der Waals surface area contributed by atoms with Crippen LogP contribution in [0.5, 0.6) is 0 Å². The van der Waals surface area contributed by atoms with Gasteiger partial charge in [-0.05, 0) is 17.7 Å². The lowest BCUT2D eigenvalue weighted by molar-refractivity contribution is -0.382. The van der Waals surface area contributed by atoms with Crippen molar-refractivity contribution in [1.82, 2.24) is 4.98 Å². The molecule has 1 heterocycles. The molecule has 3 aromatic rings. The second kappa shape index (κ2) is 5.26. The second-order valence-corrected chi connectivity index (χ2v) is 5.14. The Balaban J connectivity index is 1.94. The summed E-state index contributed by atoms with van der Waals surface area (Å²) in [5.41, 5.74) is 3.67. The fourth-order valence-electron chi connectivity index (χ4n) is 2.04. The highest BCUT2D eigenvalue weighted by Gasteiger charge is 2.20. The first-order valence-corrected chi connectivity index (χ1v) is 6.92. The van der Waals surface area contributed by atoms with Crippen LogP contribution in [0, 0.1) is 10.1 Å². The molecule has 1 N–H and O–H groups in total. The molecular weight excluding hydrogens is 274 g/mol. The molecule has 100 valence electrons. The molecule has 0 atom stereocenters. The summed E-state index contributed by atoms with van der Waals surface area (Å²) in [7, 11) is 0. The van der Waals surface area contributed by atoms with Gasteiger partial charge in [-0.2, -0.15) is 0 Å². The topological polar surface area (TPSA) is 68.1 Å². The summed E-state index contributed by atoms with van der Waals surface area (Å²) in [6, 6.07) is 13.4. The number of fused-ring (bicyclic) bond motifs is 1. The van der Waals surface area contributed by atoms with E-state index >= 15 is 0 Å². The highest BCUT2D eigenvalue weighted by atomic mass is 32.1. The van der Waals surface area contributed by atoms with Gasteiger partial charge >= 0.3 is 5.69 Å². The molecule has 1 aromatic heterocycles. The highest BCUT2D eigenvalue weighted by molar-refractivity contribution is 7.16. The fraction of sp³-hybridized carbons (Fsp3) is 0.0714. The highest BCUT2D eigenvalue weighted by Crippen LogP contribution is 2.34. The van der Waals surface area contributed by atoms with Gasteiger partial charge in [0, 0.05) is 6.54 Å². The lowest BCUT2D eigenvalue weighted by Crippen LogP contribution is -2.02. The zero-order valence-electron chi connectivity index (χ0n) is 10.4. The van der Waals surface area contributed by atoms with Crippen molar-refractivity contribution in [2.45, 2.75) is 6.54 Å². The standard InChI is InChI=1S/C14H11N3O2S/c18-17(19)14-11(6-7-12-13(14)16-9-20-12)15-8-10-4-2-1-3-5-10/h1-7,9,15H,8H2. The molecule has 0 unspecified atom stereocenters. The van der Waals surface area contributed by atoms with Crippen LogP contribution < -0.4 is 5.32 Å². The molecule has 2 aromatic carbocycles. The van der Waals surface area contributed by atoms with Crippen LogP contribution in [-0.4, -0.2) is 9.91 Å². The van der Waals surface area contributed by atoms with E-state index in [1.807, 2.05) is 36.4 Å². The van der Waals surface area contributed by atoms with E-state index in [-0.39, 0.29) is 10.6 Å². The van der Waals surface area contributed by atoms with Gasteiger partial charge in [0.1, 0.15) is 5.69 Å². The minimum absolute atomic E-state index is 0.0414. The van der Waals surface area contributed by atoms with Crippen LogP contribution in [0.3, 0.4) is 0 Å². The number of hydrogen-bond donors (Lipinski definition) is 1. The quantitative estimate of drug-likeness (QED) is 0.584. The van der Waals surface area contributed by atoms with Crippen LogP contribution in [0.25, 0.3) is 10.2 Å². The molecule has 0 aliphatic rings. The molecule has 5 nitrogen and oxygen atoms in total. The molecule has 6 heteroatoms. The Labute approximate surface area is 119 Å². The summed E-state index contributed by atoms with van der Waals surface area (Å²) in [6.07, 6.45) is 0. The van der Waals surface area contributed by atoms with Crippen LogP contribution in [0.1, 0.15) is 5.56 Å². The molecule has 3 rings (SSSR count). The smallest absolute Gasteiger partial charge is 0.319 e. The Kier molecular flexibility index (Phi) is 3.30. The van der Waals surface area contributed by atoms with Crippen molar-refractivity contribution in [3.63, 3.8) is 0 Å². The molecule has 0 saturated carbocycles. The van der Waals surface area contributed by atoms with Gasteiger partial charge in [-0.1, -0.05) is 30.3 Å². The number of rotatable bonds is 4. The van der Waals surface area contributed by atoms with Gasteiger partial charge in [0.25, 0.3) is 0 Å². The van der Waals surface area contributed by atoms with Crippen molar-refractivity contribution < 1.29 is 4.92 Å². The van der Waals surface area contributed by atoms with Crippen molar-refractivity contribution in [3.05, 3.63) is 63.7 Å². The number of nitro benzene ring substituents is 1. The lowest BCUT2D eigenvalue weighted by atomic mass is 10.2. The SMILES string of the molecule is O=[N+]([O-])c1c(NCc2ccccc2)ccc2scnc12. The number of nitro groups is 1. The van der Waals surface area contributed by atoms with Crippen molar-refractivity contribution in [3.8, 4) is 0 Å². The summed E-state index contributed by atoms with van der Waals surface area (Å²) in [5.74, 6) is 0. The number of benzene rings is 2. The molecule has 0 amide bonds. The molecule has 0 bridgehead atoms. The average molecular weight is 285 g/mol. The van der Waals surface area contributed by atoms with Crippen LogP contribution in [-0.2, 0) is 6.54 Å². The van der Waals surface area contributed by atoms with Gasteiger partial charge in [-0.25, -0.2) is 4.98 Å². The maximum atomic E-state index is 11.3. The Morgan fingerprint density at radius 2 is 2.00 bits per heavy atom. The zero-order chi connectivity index (χ0) is 13.9. The number of aromatic nitrogens is 1. The van der Waals surface area contributed by atoms with Crippen LogP contribution in [0.15, 0.2) is 48.0 Å². The Bertz CT molecular complexity index is 755. The molecule has 0 aliphatic heterocycles. The minimum atomic E-state index is -0.380. The molecule has 0 spiro atoms. The Morgan fingerprint density at radius 1 is 1.20 bits per heavy atom. The van der Waals surface area contributed by atoms with E-state index in [1.165, 1.54) is 11.3 Å². The maximum Gasteiger partial charge on any atom is 0.319 e. The summed E-state index contributed by atoms with van der Waals surface area (Å²) in [5, 5.41) is 14.4. The van der Waals surface area contributed by atoms with Gasteiger partial charge < -0.3 is 5.32 Å². The number of nitrogens with one attached hydrogen (secondary N) is 1. The van der Waals surface area contributed by atoms with Crippen LogP contribution in [0.4, 0.5) is 11.4 Å². The van der Waals surface area contributed by atoms with E-state index in [9.17, 15) is 10.1 Å². The van der Waals surface area contributed by atoms with E-state index in [0.717, 1.165) is 10.3 Å². The van der Waals surface area contributed by atoms with Gasteiger partial charge in [0.2, 0.25) is 0 Å². The number of nitrogens with zero attached hydrogens (tertiary/aromatic N) is 2. The number of anilines is 1. The zero-order valence-corrected chi connectivity index (χ0v) is 11.3. The van der Waals surface area contributed by atoms with Crippen molar-refractivity contribution in [2.24, 2.45) is 0 Å². The monoisotopic (exact) mass is 285 g/mol. The van der Waals surface area contributed by atoms with Gasteiger partial charge in [0.05, 0.1) is 15.1 Å². The largest absolute Gasteiger partial charge is 0.375 e. The predicted octanol–water partition coefficient (Wildman–Crippen LogP) is 3.82. The van der Waals surface area contributed by atoms with E-state index in [4.69, 9.17) is 0 Å². The van der Waals surface area contributed by atoms with Crippen molar-refractivity contribution >= 4 is 32.9 Å². The molecular formula is C14H11N3O2S. The third-order valence-electron chi connectivity index (χ3n) is 2.98. The van der Waals surface area contributed by atoms with Gasteiger partial charge in [0.15, 0.2) is 5.52 Å². The molecule has 0 fully saturated rings. The first kappa shape index (κ1) is 12.6. The predicted molar refractivity (Wildman–Crippen MR) is 80.0 cm³/mol. The number of hydrogen-bond acceptors (Lipinski definition) is 5. The van der Waals surface area contributed by atoms with Crippen LogP contribution >= 0.6 is 11.3 Å². The summed E-state index contributed by atoms with van der Waals surface area (Å²) in [6.45, 7) is 0.539. The summed E-state index contributed by atoms with van der Waals surface area (Å²) in [4.78, 5) is 15.0. The first-order chi connectivity index (χ1) is 9.75. The van der Waals surface area contributed by atoms with E-state index < -0.39 is 0 Å². The van der Waals surface area contributed by atoms with Crippen molar-refractivity contribution in [2.75, 3.05) is 5.32 Å². The van der Waals surface area contributed by atoms with E-state index in [1.54, 1.807) is 11.6 Å². The number of thiazole rings is 1. The third kappa shape index (κ3) is 2.33. The fourth-order valence-corrected chi connectivity index (χ4v) is 2.72. The van der Waals surface area contributed by atoms with E-state index in [2.05, 4.69) is 10.3 Å². The Hall–Kier alpha value is -2.47. The first-order valence-electron chi connectivity index (χ1n) is 6.04. The third-order valence-corrected chi connectivity index (χ3v) is 3.78. The normalized spacial score (nSPS) is 10.6. The average Bonchev–Trinajstić information content (AvgIpc) is 2.93. The molecule has 0 aliphatic carbocycles. The van der Waals surface area contributed by atoms with Crippen molar-refractivity contribution in [1.29, 1.82) is 0 Å². The summed E-state index contributed by atoms with van der Waals surface area (Å²) < 4.78 is 0.821. The lowest BCUT2D eigenvalue weighted by Gasteiger charge is -2.07. The Morgan fingerprint density at radius 3 is 2.75 bits per heavy atom. The molecule has 0 radical (unpaired) electrons. The molecule has 0 saturated heterocycles. The molecule has 20 heavy (non-hydrogen) atoms. The van der Waals surface area contributed by atoms with Gasteiger partial charge in [-0.3, -0.25) is 10.1 Å². The minimum Gasteiger partial charge on any atom is -0.375 e. The van der Waals surface area contributed by atoms with Crippen LogP contribution in [0.2, 0.25) is 0 Å². The van der Waals surface area contributed by atoms with E-state index in [0.29, 0.717) is 17.7 Å². The van der Waals surface area contributed by atoms with Gasteiger partial charge in [-0.15, -0.1) is 11.3 Å². The summed E-state index contributed by atoms with van der Waals surface area (Å²) >= 11 is 1.40.